The maximum Gasteiger partial charge on any atom is 0.211 e. The molecule has 2 aromatic rings. The zero-order chi connectivity index (χ0) is 10.1. The molecule has 0 fully saturated rings. The highest BCUT2D eigenvalue weighted by Crippen LogP contribution is 2.29. The number of nitrogens with two attached hydrogens (primary N) is 1. The minimum absolute atomic E-state index is 0.272. The molecule has 0 radical (unpaired) electrons. The van der Waals surface area contributed by atoms with E-state index < -0.39 is 0 Å². The van der Waals surface area contributed by atoms with E-state index in [0.717, 1.165) is 0 Å². The molecule has 0 saturated carbocycles. The smallest absolute Gasteiger partial charge is 0.211 e. The van der Waals surface area contributed by atoms with Gasteiger partial charge in [-0.1, -0.05) is 0 Å². The molecule has 0 aliphatic heterocycles. The number of halogens is 1. The van der Waals surface area contributed by atoms with Gasteiger partial charge in [0.2, 0.25) is 5.89 Å². The van der Waals surface area contributed by atoms with Crippen molar-refractivity contribution in [3.8, 4) is 10.6 Å². The van der Waals surface area contributed by atoms with Crippen LogP contribution < -0.4 is 5.73 Å². The third-order valence-electron chi connectivity index (χ3n) is 1.75. The fraction of sp³-hybridized carbons (Fsp3) is 0.222. The average molecular weight is 212 g/mol. The van der Waals surface area contributed by atoms with E-state index in [-0.39, 0.29) is 11.9 Å². The summed E-state index contributed by atoms with van der Waals surface area (Å²) in [7, 11) is 0. The first-order valence-electron chi connectivity index (χ1n) is 4.13. The van der Waals surface area contributed by atoms with Gasteiger partial charge < -0.3 is 10.2 Å². The van der Waals surface area contributed by atoms with E-state index in [4.69, 9.17) is 10.2 Å². The van der Waals surface area contributed by atoms with E-state index in [1.54, 1.807) is 12.3 Å². The van der Waals surface area contributed by atoms with Crippen molar-refractivity contribution in [2.75, 3.05) is 0 Å². The van der Waals surface area contributed by atoms with Gasteiger partial charge in [0, 0.05) is 0 Å². The van der Waals surface area contributed by atoms with Crippen molar-refractivity contribution in [3.05, 3.63) is 29.4 Å². The number of rotatable bonds is 2. The van der Waals surface area contributed by atoms with E-state index in [9.17, 15) is 4.39 Å². The van der Waals surface area contributed by atoms with Gasteiger partial charge in [-0.2, -0.15) is 0 Å². The molecule has 2 N–H and O–H groups in total. The third-order valence-corrected chi connectivity index (χ3v) is 2.66. The molecule has 5 heteroatoms. The van der Waals surface area contributed by atoms with Crippen LogP contribution in [0.15, 0.2) is 22.1 Å². The van der Waals surface area contributed by atoms with E-state index in [1.165, 1.54) is 23.6 Å². The Morgan fingerprint density at radius 2 is 2.43 bits per heavy atom. The van der Waals surface area contributed by atoms with E-state index >= 15 is 0 Å². The van der Waals surface area contributed by atoms with Crippen LogP contribution in [0.25, 0.3) is 10.6 Å². The van der Waals surface area contributed by atoms with E-state index in [0.29, 0.717) is 16.5 Å². The van der Waals surface area contributed by atoms with Crippen molar-refractivity contribution in [1.29, 1.82) is 0 Å². The van der Waals surface area contributed by atoms with Crippen LogP contribution in [0.4, 0.5) is 4.39 Å². The molecule has 0 aliphatic rings. The number of hydrogen-bond donors (Lipinski definition) is 1. The molecule has 2 heterocycles. The Morgan fingerprint density at radius 1 is 1.64 bits per heavy atom. The highest BCUT2D eigenvalue weighted by atomic mass is 32.1. The number of hydrogen-bond acceptors (Lipinski definition) is 4. The minimum atomic E-state index is -0.289. The molecule has 0 aromatic carbocycles. The predicted octanol–water partition coefficient (Wildman–Crippen LogP) is 2.56. The summed E-state index contributed by atoms with van der Waals surface area (Å²) >= 11 is 1.28. The van der Waals surface area contributed by atoms with Crippen LogP contribution in [0.1, 0.15) is 18.9 Å². The van der Waals surface area contributed by atoms with Crippen molar-refractivity contribution in [3.63, 3.8) is 0 Å². The average Bonchev–Trinajstić information content (AvgIpc) is 2.71. The lowest BCUT2D eigenvalue weighted by atomic mass is 10.4. The maximum atomic E-state index is 13.1. The molecule has 74 valence electrons. The molecule has 0 aliphatic carbocycles. The molecular weight excluding hydrogens is 203 g/mol. The number of oxazole rings is 1. The summed E-state index contributed by atoms with van der Waals surface area (Å²) in [5.74, 6) is 0.569. The monoisotopic (exact) mass is 212 g/mol. The molecule has 0 saturated heterocycles. The Morgan fingerprint density at radius 3 is 2.93 bits per heavy atom. The molecule has 2 aromatic heterocycles. The van der Waals surface area contributed by atoms with Crippen LogP contribution >= 0.6 is 11.3 Å². The SMILES string of the molecule is CC(N)c1ncc(-c2sccc2F)o1. The normalized spacial score (nSPS) is 13.1. The Balaban J connectivity index is 2.39. The lowest BCUT2D eigenvalue weighted by molar-refractivity contribution is 0.472. The lowest BCUT2D eigenvalue weighted by Gasteiger charge is -1.96. The van der Waals surface area contributed by atoms with Gasteiger partial charge in [-0.05, 0) is 18.4 Å². The Labute approximate surface area is 84.4 Å². The zero-order valence-corrected chi connectivity index (χ0v) is 8.34. The van der Waals surface area contributed by atoms with Crippen molar-refractivity contribution < 1.29 is 8.81 Å². The van der Waals surface area contributed by atoms with Gasteiger partial charge in [0.15, 0.2) is 5.76 Å². The van der Waals surface area contributed by atoms with Crippen LogP contribution in [0, 0.1) is 5.82 Å². The molecule has 2 rings (SSSR count). The Kier molecular flexibility index (Phi) is 2.35. The highest BCUT2D eigenvalue weighted by molar-refractivity contribution is 7.13. The summed E-state index contributed by atoms with van der Waals surface area (Å²) in [6, 6.07) is 1.13. The van der Waals surface area contributed by atoms with Crippen LogP contribution in [0.5, 0.6) is 0 Å². The van der Waals surface area contributed by atoms with Gasteiger partial charge >= 0.3 is 0 Å². The topological polar surface area (TPSA) is 52.0 Å². The molecule has 14 heavy (non-hydrogen) atoms. The van der Waals surface area contributed by atoms with Crippen molar-refractivity contribution in [1.82, 2.24) is 4.98 Å². The fourth-order valence-corrected chi connectivity index (χ4v) is 1.79. The Hall–Kier alpha value is -1.20. The van der Waals surface area contributed by atoms with Crippen molar-refractivity contribution >= 4 is 11.3 Å². The number of aromatic nitrogens is 1. The van der Waals surface area contributed by atoms with E-state index in [2.05, 4.69) is 4.98 Å². The molecular formula is C9H9FN2OS. The first kappa shape index (κ1) is 9.36. The largest absolute Gasteiger partial charge is 0.438 e. The zero-order valence-electron chi connectivity index (χ0n) is 7.53. The summed E-state index contributed by atoms with van der Waals surface area (Å²) in [5.41, 5.74) is 5.57. The van der Waals surface area contributed by atoms with Crippen LogP contribution in [0.2, 0.25) is 0 Å². The predicted molar refractivity (Wildman–Crippen MR) is 52.4 cm³/mol. The lowest BCUT2D eigenvalue weighted by Crippen LogP contribution is -2.04. The summed E-state index contributed by atoms with van der Waals surface area (Å²) in [6.07, 6.45) is 1.49. The fourth-order valence-electron chi connectivity index (χ4n) is 1.07. The molecule has 1 unspecified atom stereocenters. The van der Waals surface area contributed by atoms with Crippen LogP contribution in [-0.4, -0.2) is 4.98 Å². The summed E-state index contributed by atoms with van der Waals surface area (Å²) in [6.45, 7) is 1.76. The second kappa shape index (κ2) is 3.51. The first-order valence-corrected chi connectivity index (χ1v) is 5.01. The van der Waals surface area contributed by atoms with Crippen LogP contribution in [0.3, 0.4) is 0 Å². The highest BCUT2D eigenvalue weighted by Gasteiger charge is 2.13. The summed E-state index contributed by atoms with van der Waals surface area (Å²) < 4.78 is 18.4. The quantitative estimate of drug-likeness (QED) is 0.832. The molecule has 0 spiro atoms. The minimum Gasteiger partial charge on any atom is -0.438 e. The van der Waals surface area contributed by atoms with Gasteiger partial charge in [-0.25, -0.2) is 9.37 Å². The summed E-state index contributed by atoms with van der Waals surface area (Å²) in [4.78, 5) is 4.42. The maximum absolute atomic E-state index is 13.1. The standard InChI is InChI=1S/C9H9FN2OS/c1-5(11)9-12-4-7(13-9)8-6(10)2-3-14-8/h2-5H,11H2,1H3. The van der Waals surface area contributed by atoms with Crippen LogP contribution in [-0.2, 0) is 0 Å². The van der Waals surface area contributed by atoms with Gasteiger partial charge in [-0.15, -0.1) is 11.3 Å². The second-order valence-corrected chi connectivity index (χ2v) is 3.87. The van der Waals surface area contributed by atoms with E-state index in [1.807, 2.05) is 0 Å². The number of nitrogens with zero attached hydrogens (tertiary/aromatic N) is 1. The third kappa shape index (κ3) is 1.56. The number of thiophene rings is 1. The second-order valence-electron chi connectivity index (χ2n) is 2.95. The van der Waals surface area contributed by atoms with Gasteiger partial charge in [-0.3, -0.25) is 0 Å². The van der Waals surface area contributed by atoms with Gasteiger partial charge in [0.1, 0.15) is 10.7 Å². The summed E-state index contributed by atoms with van der Waals surface area (Å²) in [5, 5.41) is 1.67. The molecule has 3 nitrogen and oxygen atoms in total. The van der Waals surface area contributed by atoms with Crippen molar-refractivity contribution in [2.24, 2.45) is 5.73 Å². The van der Waals surface area contributed by atoms with Gasteiger partial charge in [0.05, 0.1) is 12.2 Å². The Bertz CT molecular complexity index is 435. The van der Waals surface area contributed by atoms with Gasteiger partial charge in [0.25, 0.3) is 0 Å². The first-order chi connectivity index (χ1) is 6.68. The van der Waals surface area contributed by atoms with Crippen molar-refractivity contribution in [2.45, 2.75) is 13.0 Å². The molecule has 0 amide bonds. The molecule has 0 bridgehead atoms. The molecule has 1 atom stereocenters.